The van der Waals surface area contributed by atoms with Crippen molar-refractivity contribution in [2.24, 2.45) is 0 Å². The Morgan fingerprint density at radius 3 is 2.70 bits per heavy atom. The van der Waals surface area contributed by atoms with Crippen LogP contribution in [0, 0.1) is 6.92 Å². The summed E-state index contributed by atoms with van der Waals surface area (Å²) < 4.78 is 6.23. The molecule has 2 aromatic carbocycles. The fourth-order valence-electron chi connectivity index (χ4n) is 2.51. The van der Waals surface area contributed by atoms with Crippen molar-refractivity contribution >= 4 is 23.2 Å². The molecule has 3 rings (SSSR count). The number of aromatic nitrogens is 2. The Kier molecular flexibility index (Phi) is 5.14. The van der Waals surface area contributed by atoms with E-state index in [0.29, 0.717) is 27.7 Å². The molecule has 0 bridgehead atoms. The largest absolute Gasteiger partial charge is 0.505 e. The van der Waals surface area contributed by atoms with Gasteiger partial charge in [-0.1, -0.05) is 29.8 Å². The summed E-state index contributed by atoms with van der Waals surface area (Å²) in [6.45, 7) is 1.75. The molecule has 138 valence electrons. The smallest absolute Gasteiger partial charge is 0.280 e. The van der Waals surface area contributed by atoms with Crippen LogP contribution in [0.2, 0.25) is 5.02 Å². The molecule has 1 aromatic heterocycles. The lowest BCUT2D eigenvalue weighted by Gasteiger charge is -2.13. The summed E-state index contributed by atoms with van der Waals surface area (Å²) in [5.41, 5.74) is 0.583. The molecule has 27 heavy (non-hydrogen) atoms. The molecule has 0 saturated carbocycles. The minimum absolute atomic E-state index is 0.306. The molecule has 0 atom stereocenters. The van der Waals surface area contributed by atoms with E-state index >= 15 is 0 Å². The molecule has 0 spiro atoms. The fraction of sp³-hybridized carbons (Fsp3) is 0.105. The van der Waals surface area contributed by atoms with Gasteiger partial charge in [-0.2, -0.15) is 9.78 Å². The van der Waals surface area contributed by atoms with Crippen molar-refractivity contribution in [3.05, 3.63) is 75.2 Å². The van der Waals surface area contributed by atoms with Gasteiger partial charge in [-0.25, -0.2) is 0 Å². The zero-order valence-corrected chi connectivity index (χ0v) is 15.3. The van der Waals surface area contributed by atoms with Gasteiger partial charge in [0, 0.05) is 16.8 Å². The van der Waals surface area contributed by atoms with E-state index in [2.05, 4.69) is 10.4 Å². The molecular weight excluding hydrogens is 370 g/mol. The number of hydrogen-bond acceptors (Lipinski definition) is 5. The summed E-state index contributed by atoms with van der Waals surface area (Å²) in [6.07, 6.45) is 0. The van der Waals surface area contributed by atoms with E-state index in [0.717, 1.165) is 10.7 Å². The quantitative estimate of drug-likeness (QED) is 0.719. The number of hydrogen-bond donors (Lipinski definition) is 2. The molecule has 0 fully saturated rings. The molecule has 0 unspecified atom stereocenters. The van der Waals surface area contributed by atoms with E-state index < -0.39 is 17.2 Å². The van der Waals surface area contributed by atoms with Crippen LogP contribution in [0.3, 0.4) is 0 Å². The van der Waals surface area contributed by atoms with E-state index in [1.54, 1.807) is 49.4 Å². The Hall–Kier alpha value is -3.32. The van der Waals surface area contributed by atoms with Crippen LogP contribution < -0.4 is 15.6 Å². The maximum atomic E-state index is 12.6. The number of carbonyl (C=O) groups is 1. The molecule has 0 radical (unpaired) electrons. The molecule has 0 aliphatic heterocycles. The molecule has 3 aromatic rings. The number of anilines is 1. The lowest BCUT2D eigenvalue weighted by molar-refractivity contribution is 0.101. The van der Waals surface area contributed by atoms with Crippen molar-refractivity contribution in [3.63, 3.8) is 0 Å². The van der Waals surface area contributed by atoms with Crippen molar-refractivity contribution < 1.29 is 14.6 Å². The maximum Gasteiger partial charge on any atom is 0.280 e. The molecule has 0 aliphatic carbocycles. The molecule has 2 N–H and O–H groups in total. The lowest BCUT2D eigenvalue weighted by atomic mass is 10.2. The Bertz CT molecular complexity index is 1080. The number of nitrogens with one attached hydrogen (secondary N) is 1. The van der Waals surface area contributed by atoms with Crippen LogP contribution in [0.5, 0.6) is 11.5 Å². The highest BCUT2D eigenvalue weighted by molar-refractivity contribution is 6.31. The summed E-state index contributed by atoms with van der Waals surface area (Å²) in [6, 6.07) is 12.7. The highest BCUT2D eigenvalue weighted by Crippen LogP contribution is 2.25. The summed E-state index contributed by atoms with van der Waals surface area (Å²) >= 11 is 6.06. The average molecular weight is 386 g/mol. The van der Waals surface area contributed by atoms with E-state index in [-0.39, 0.29) is 5.69 Å². The van der Waals surface area contributed by atoms with Gasteiger partial charge < -0.3 is 15.2 Å². The Morgan fingerprint density at radius 1 is 1.22 bits per heavy atom. The summed E-state index contributed by atoms with van der Waals surface area (Å²) in [5.74, 6) is -0.806. The third-order valence-corrected chi connectivity index (χ3v) is 4.37. The first-order valence-corrected chi connectivity index (χ1v) is 8.33. The van der Waals surface area contributed by atoms with Gasteiger partial charge in [0.25, 0.3) is 11.5 Å². The van der Waals surface area contributed by atoms with E-state index in [1.165, 1.54) is 7.11 Å². The SMILES string of the molecule is COc1ccccc1-n1nc(C(=O)Nc2cccc(Cl)c2C)c(O)cc1=O. The normalized spacial score (nSPS) is 10.5. The number of rotatable bonds is 4. The molecular formula is C19H16ClN3O4. The monoisotopic (exact) mass is 385 g/mol. The van der Waals surface area contributed by atoms with Crippen LogP contribution in [-0.2, 0) is 0 Å². The second-order valence-corrected chi connectivity index (χ2v) is 6.07. The second kappa shape index (κ2) is 7.51. The van der Waals surface area contributed by atoms with Gasteiger partial charge in [0.15, 0.2) is 11.4 Å². The highest BCUT2D eigenvalue weighted by Gasteiger charge is 2.19. The van der Waals surface area contributed by atoms with E-state index in [9.17, 15) is 14.7 Å². The average Bonchev–Trinajstić information content (AvgIpc) is 2.65. The summed E-state index contributed by atoms with van der Waals surface area (Å²) in [7, 11) is 1.46. The topological polar surface area (TPSA) is 93.5 Å². The molecule has 0 saturated heterocycles. The van der Waals surface area contributed by atoms with Gasteiger partial charge in [0.2, 0.25) is 0 Å². The second-order valence-electron chi connectivity index (χ2n) is 5.67. The number of nitrogens with zero attached hydrogens (tertiary/aromatic N) is 2. The molecule has 8 heteroatoms. The van der Waals surface area contributed by atoms with Gasteiger partial charge in [-0.15, -0.1) is 0 Å². The lowest BCUT2D eigenvalue weighted by Crippen LogP contribution is -2.25. The Labute approximate surface area is 159 Å². The van der Waals surface area contributed by atoms with Gasteiger partial charge in [0.1, 0.15) is 11.4 Å². The first-order chi connectivity index (χ1) is 12.9. The summed E-state index contributed by atoms with van der Waals surface area (Å²) in [5, 5.41) is 17.2. The first kappa shape index (κ1) is 18.5. The first-order valence-electron chi connectivity index (χ1n) is 7.95. The highest BCUT2D eigenvalue weighted by atomic mass is 35.5. The minimum Gasteiger partial charge on any atom is -0.505 e. The van der Waals surface area contributed by atoms with Crippen LogP contribution in [-0.4, -0.2) is 27.9 Å². The van der Waals surface area contributed by atoms with Crippen molar-refractivity contribution in [2.75, 3.05) is 12.4 Å². The van der Waals surface area contributed by atoms with Crippen molar-refractivity contribution in [1.82, 2.24) is 9.78 Å². The minimum atomic E-state index is -0.679. The van der Waals surface area contributed by atoms with Crippen LogP contribution in [0.4, 0.5) is 5.69 Å². The fourth-order valence-corrected chi connectivity index (χ4v) is 2.68. The van der Waals surface area contributed by atoms with Crippen LogP contribution >= 0.6 is 11.6 Å². The van der Waals surface area contributed by atoms with Gasteiger partial charge in [0.05, 0.1) is 7.11 Å². The maximum absolute atomic E-state index is 12.6. The zero-order valence-electron chi connectivity index (χ0n) is 14.6. The number of amides is 1. The Balaban J connectivity index is 2.05. The number of methoxy groups -OCH3 is 1. The van der Waals surface area contributed by atoms with Crippen molar-refractivity contribution in [2.45, 2.75) is 6.92 Å². The van der Waals surface area contributed by atoms with Crippen LogP contribution in [0.15, 0.2) is 53.3 Å². The van der Waals surface area contributed by atoms with Crippen LogP contribution in [0.1, 0.15) is 16.1 Å². The van der Waals surface area contributed by atoms with Gasteiger partial charge in [-0.3, -0.25) is 9.59 Å². The zero-order chi connectivity index (χ0) is 19.6. The standard InChI is InChI=1S/C19H16ClN3O4/c1-11-12(20)6-5-7-13(11)21-19(26)18-15(24)10-17(25)23(22-18)14-8-3-4-9-16(14)27-2/h3-10,24H,1-2H3,(H,21,26). The number of para-hydroxylation sites is 2. The van der Waals surface area contributed by atoms with Crippen LogP contribution in [0.25, 0.3) is 5.69 Å². The van der Waals surface area contributed by atoms with Crippen molar-refractivity contribution in [3.8, 4) is 17.2 Å². The van der Waals surface area contributed by atoms with Gasteiger partial charge in [-0.05, 0) is 36.8 Å². The van der Waals surface area contributed by atoms with E-state index in [1.807, 2.05) is 0 Å². The third-order valence-electron chi connectivity index (χ3n) is 3.96. The number of aromatic hydroxyl groups is 1. The number of benzene rings is 2. The van der Waals surface area contributed by atoms with Gasteiger partial charge >= 0.3 is 0 Å². The molecule has 1 amide bonds. The van der Waals surface area contributed by atoms with E-state index in [4.69, 9.17) is 16.3 Å². The summed E-state index contributed by atoms with van der Waals surface area (Å²) in [4.78, 5) is 24.9. The third kappa shape index (κ3) is 3.63. The van der Waals surface area contributed by atoms with Crippen molar-refractivity contribution in [1.29, 1.82) is 0 Å². The Morgan fingerprint density at radius 2 is 1.96 bits per heavy atom. The predicted molar refractivity (Wildman–Crippen MR) is 102 cm³/mol. The number of ether oxygens (including phenoxy) is 1. The predicted octanol–water partition coefficient (Wildman–Crippen LogP) is 3.16. The number of carbonyl (C=O) groups excluding carboxylic acids is 1. The molecule has 0 aliphatic rings. The molecule has 1 heterocycles. The molecule has 7 nitrogen and oxygen atoms in total. The number of halogens is 1.